The van der Waals surface area contributed by atoms with Crippen molar-refractivity contribution in [1.29, 1.82) is 0 Å². The van der Waals surface area contributed by atoms with Crippen molar-refractivity contribution in [3.05, 3.63) is 0 Å². The maximum atomic E-state index is 6.23. The Morgan fingerprint density at radius 2 is 1.94 bits per heavy atom. The Kier molecular flexibility index (Phi) is 3.57. The molecule has 3 heteroatoms. The SMILES string of the molecule is CC1(C)CCC(CN)(OC2CCOC2)CC1. The summed E-state index contributed by atoms with van der Waals surface area (Å²) in [6.07, 6.45) is 5.96. The molecule has 0 aromatic carbocycles. The molecule has 2 fully saturated rings. The molecule has 0 spiro atoms. The lowest BCUT2D eigenvalue weighted by atomic mass is 9.71. The van der Waals surface area contributed by atoms with E-state index in [0.717, 1.165) is 32.5 Å². The van der Waals surface area contributed by atoms with E-state index in [0.29, 0.717) is 12.0 Å². The number of hydrogen-bond donors (Lipinski definition) is 1. The average Bonchev–Trinajstić information content (AvgIpc) is 2.74. The Morgan fingerprint density at radius 1 is 1.25 bits per heavy atom. The van der Waals surface area contributed by atoms with Crippen molar-refractivity contribution >= 4 is 0 Å². The molecule has 1 aliphatic heterocycles. The molecule has 0 aromatic heterocycles. The summed E-state index contributed by atoms with van der Waals surface area (Å²) < 4.78 is 11.6. The standard InChI is InChI=1S/C13H25NO2/c1-12(2)4-6-13(10-14,7-5-12)16-11-3-8-15-9-11/h11H,3-10,14H2,1-2H3. The van der Waals surface area contributed by atoms with Gasteiger partial charge in [-0.15, -0.1) is 0 Å². The zero-order valence-corrected chi connectivity index (χ0v) is 10.6. The maximum absolute atomic E-state index is 6.23. The highest BCUT2D eigenvalue weighted by Crippen LogP contribution is 2.42. The van der Waals surface area contributed by atoms with Crippen LogP contribution in [-0.2, 0) is 9.47 Å². The summed E-state index contributed by atoms with van der Waals surface area (Å²) >= 11 is 0. The molecule has 1 saturated carbocycles. The van der Waals surface area contributed by atoms with Crippen molar-refractivity contribution in [2.45, 2.75) is 57.7 Å². The lowest BCUT2D eigenvalue weighted by Gasteiger charge is -2.44. The number of nitrogens with two attached hydrogens (primary N) is 1. The van der Waals surface area contributed by atoms with Crippen LogP contribution >= 0.6 is 0 Å². The van der Waals surface area contributed by atoms with E-state index in [-0.39, 0.29) is 11.7 Å². The first-order valence-electron chi connectivity index (χ1n) is 6.51. The van der Waals surface area contributed by atoms with Crippen molar-refractivity contribution in [2.75, 3.05) is 19.8 Å². The number of hydrogen-bond acceptors (Lipinski definition) is 3. The molecule has 1 heterocycles. The van der Waals surface area contributed by atoms with Crippen LogP contribution in [0.15, 0.2) is 0 Å². The van der Waals surface area contributed by atoms with Gasteiger partial charge in [0.2, 0.25) is 0 Å². The quantitative estimate of drug-likeness (QED) is 0.803. The summed E-state index contributed by atoms with van der Waals surface area (Å²) in [6.45, 7) is 6.93. The first-order chi connectivity index (χ1) is 7.55. The van der Waals surface area contributed by atoms with Gasteiger partial charge in [0, 0.05) is 13.2 Å². The first-order valence-corrected chi connectivity index (χ1v) is 6.51. The van der Waals surface area contributed by atoms with Gasteiger partial charge in [-0.2, -0.15) is 0 Å². The van der Waals surface area contributed by atoms with Crippen LogP contribution in [0.3, 0.4) is 0 Å². The van der Waals surface area contributed by atoms with Crippen LogP contribution in [0.4, 0.5) is 0 Å². The molecule has 2 aliphatic rings. The molecule has 0 aromatic rings. The molecule has 0 bridgehead atoms. The van der Waals surface area contributed by atoms with E-state index in [4.69, 9.17) is 15.2 Å². The van der Waals surface area contributed by atoms with Crippen LogP contribution in [-0.4, -0.2) is 31.5 Å². The van der Waals surface area contributed by atoms with E-state index >= 15 is 0 Å². The second kappa shape index (κ2) is 4.63. The summed E-state index contributed by atoms with van der Waals surface area (Å²) in [5.41, 5.74) is 6.34. The third kappa shape index (κ3) is 2.76. The molecule has 94 valence electrons. The zero-order chi connectivity index (χ0) is 11.6. The zero-order valence-electron chi connectivity index (χ0n) is 10.6. The van der Waals surface area contributed by atoms with Crippen LogP contribution in [0.1, 0.15) is 46.0 Å². The Bertz CT molecular complexity index is 224. The average molecular weight is 227 g/mol. The second-order valence-corrected chi connectivity index (χ2v) is 6.15. The van der Waals surface area contributed by atoms with Crippen molar-refractivity contribution in [3.8, 4) is 0 Å². The summed E-state index contributed by atoms with van der Waals surface area (Å²) in [5, 5.41) is 0. The molecular formula is C13H25NO2. The van der Waals surface area contributed by atoms with Gasteiger partial charge in [-0.25, -0.2) is 0 Å². The lowest BCUT2D eigenvalue weighted by molar-refractivity contribution is -0.120. The summed E-state index contributed by atoms with van der Waals surface area (Å²) in [4.78, 5) is 0. The highest BCUT2D eigenvalue weighted by molar-refractivity contribution is 4.92. The van der Waals surface area contributed by atoms with Crippen LogP contribution in [0.2, 0.25) is 0 Å². The van der Waals surface area contributed by atoms with Crippen LogP contribution < -0.4 is 5.73 Å². The van der Waals surface area contributed by atoms with E-state index in [1.165, 1.54) is 12.8 Å². The van der Waals surface area contributed by atoms with Gasteiger partial charge >= 0.3 is 0 Å². The van der Waals surface area contributed by atoms with Gasteiger partial charge in [0.05, 0.1) is 18.3 Å². The number of ether oxygens (including phenoxy) is 2. The predicted molar refractivity (Wildman–Crippen MR) is 64.3 cm³/mol. The molecule has 2 rings (SSSR count). The van der Waals surface area contributed by atoms with Gasteiger partial charge in [0.15, 0.2) is 0 Å². The molecular weight excluding hydrogens is 202 g/mol. The van der Waals surface area contributed by atoms with E-state index in [1.54, 1.807) is 0 Å². The van der Waals surface area contributed by atoms with Crippen LogP contribution in [0.5, 0.6) is 0 Å². The third-order valence-corrected chi connectivity index (χ3v) is 4.19. The molecule has 0 amide bonds. The van der Waals surface area contributed by atoms with Gasteiger partial charge in [0.1, 0.15) is 0 Å². The molecule has 2 N–H and O–H groups in total. The highest BCUT2D eigenvalue weighted by atomic mass is 16.6. The smallest absolute Gasteiger partial charge is 0.0838 e. The monoisotopic (exact) mass is 227 g/mol. The Balaban J connectivity index is 1.92. The fourth-order valence-corrected chi connectivity index (χ4v) is 2.71. The molecule has 3 nitrogen and oxygen atoms in total. The second-order valence-electron chi connectivity index (χ2n) is 6.15. The summed E-state index contributed by atoms with van der Waals surface area (Å²) in [5.74, 6) is 0. The normalized spacial score (nSPS) is 32.8. The van der Waals surface area contributed by atoms with Crippen molar-refractivity contribution < 1.29 is 9.47 Å². The number of rotatable bonds is 3. The molecule has 1 unspecified atom stereocenters. The first kappa shape index (κ1) is 12.3. The Morgan fingerprint density at radius 3 is 2.44 bits per heavy atom. The minimum Gasteiger partial charge on any atom is -0.379 e. The Labute approximate surface area is 98.7 Å². The molecule has 1 aliphatic carbocycles. The minimum atomic E-state index is -0.0616. The van der Waals surface area contributed by atoms with Crippen molar-refractivity contribution in [3.63, 3.8) is 0 Å². The van der Waals surface area contributed by atoms with Gasteiger partial charge in [-0.1, -0.05) is 13.8 Å². The molecule has 16 heavy (non-hydrogen) atoms. The van der Waals surface area contributed by atoms with Crippen molar-refractivity contribution in [1.82, 2.24) is 0 Å². The van der Waals surface area contributed by atoms with E-state index in [1.807, 2.05) is 0 Å². The minimum absolute atomic E-state index is 0.0616. The fraction of sp³-hybridized carbons (Fsp3) is 1.00. The summed E-state index contributed by atoms with van der Waals surface area (Å²) in [7, 11) is 0. The maximum Gasteiger partial charge on any atom is 0.0838 e. The van der Waals surface area contributed by atoms with Crippen LogP contribution in [0, 0.1) is 5.41 Å². The third-order valence-electron chi connectivity index (χ3n) is 4.19. The highest BCUT2D eigenvalue weighted by Gasteiger charge is 2.40. The lowest BCUT2D eigenvalue weighted by Crippen LogP contribution is -2.47. The van der Waals surface area contributed by atoms with Crippen LogP contribution in [0.25, 0.3) is 0 Å². The van der Waals surface area contributed by atoms with Gasteiger partial charge in [0.25, 0.3) is 0 Å². The topological polar surface area (TPSA) is 44.5 Å². The van der Waals surface area contributed by atoms with E-state index in [2.05, 4.69) is 13.8 Å². The van der Waals surface area contributed by atoms with Crippen molar-refractivity contribution in [2.24, 2.45) is 11.1 Å². The molecule has 0 radical (unpaired) electrons. The predicted octanol–water partition coefficient (Wildman–Crippen LogP) is 2.09. The van der Waals surface area contributed by atoms with Gasteiger partial charge in [-0.3, -0.25) is 0 Å². The van der Waals surface area contributed by atoms with Gasteiger partial charge in [-0.05, 0) is 37.5 Å². The molecule has 1 saturated heterocycles. The largest absolute Gasteiger partial charge is 0.379 e. The Hall–Kier alpha value is -0.120. The van der Waals surface area contributed by atoms with E-state index < -0.39 is 0 Å². The molecule has 1 atom stereocenters. The summed E-state index contributed by atoms with van der Waals surface area (Å²) in [6, 6.07) is 0. The van der Waals surface area contributed by atoms with Gasteiger partial charge < -0.3 is 15.2 Å². The van der Waals surface area contributed by atoms with E-state index in [9.17, 15) is 0 Å². The fourth-order valence-electron chi connectivity index (χ4n) is 2.71.